The van der Waals surface area contributed by atoms with Crippen molar-refractivity contribution in [1.82, 2.24) is 5.32 Å². The second-order valence-corrected chi connectivity index (χ2v) is 5.21. The molecule has 0 heterocycles. The van der Waals surface area contributed by atoms with E-state index in [-0.39, 0.29) is 6.16 Å². The Bertz CT molecular complexity index is 212. The van der Waals surface area contributed by atoms with E-state index in [0.29, 0.717) is 13.0 Å². The number of ether oxygens (including phenoxy) is 1. The molecule has 0 aromatic rings. The first-order chi connectivity index (χ1) is 6.31. The molecule has 0 saturated heterocycles. The van der Waals surface area contributed by atoms with Gasteiger partial charge in [0.15, 0.2) is 8.03 Å². The standard InChI is InChI=1S/C8H18NO4P/c1-8(2,3)13-7(10)9-5-4-6-14(11)12/h14H,4-6H2,1-3H3,(H,9,10)(H,11,12). The van der Waals surface area contributed by atoms with Gasteiger partial charge in [0, 0.05) is 12.7 Å². The van der Waals surface area contributed by atoms with Crippen molar-refractivity contribution >= 4 is 14.1 Å². The minimum Gasteiger partial charge on any atom is -0.444 e. The van der Waals surface area contributed by atoms with Gasteiger partial charge in [-0.15, -0.1) is 0 Å². The summed E-state index contributed by atoms with van der Waals surface area (Å²) in [6.07, 6.45) is 0.240. The molecule has 0 aliphatic heterocycles. The molecule has 0 saturated carbocycles. The van der Waals surface area contributed by atoms with Crippen molar-refractivity contribution in [3.63, 3.8) is 0 Å². The van der Waals surface area contributed by atoms with Gasteiger partial charge < -0.3 is 14.9 Å². The molecule has 14 heavy (non-hydrogen) atoms. The number of nitrogens with one attached hydrogen (secondary N) is 1. The van der Waals surface area contributed by atoms with Gasteiger partial charge in [0.25, 0.3) is 0 Å². The normalized spacial score (nSPS) is 13.4. The Hall–Kier alpha value is -0.540. The zero-order chi connectivity index (χ0) is 11.2. The first kappa shape index (κ1) is 13.5. The lowest BCUT2D eigenvalue weighted by Crippen LogP contribution is -2.33. The number of amides is 1. The first-order valence-corrected chi connectivity index (χ1v) is 6.06. The highest BCUT2D eigenvalue weighted by Gasteiger charge is 2.15. The van der Waals surface area contributed by atoms with Crippen LogP contribution in [-0.2, 0) is 9.30 Å². The minimum atomic E-state index is -2.41. The van der Waals surface area contributed by atoms with Crippen molar-refractivity contribution in [2.75, 3.05) is 12.7 Å². The van der Waals surface area contributed by atoms with Crippen LogP contribution >= 0.6 is 8.03 Å². The Balaban J connectivity index is 3.50. The predicted molar refractivity (Wildman–Crippen MR) is 54.9 cm³/mol. The Morgan fingerprint density at radius 2 is 2.07 bits per heavy atom. The zero-order valence-electron chi connectivity index (χ0n) is 8.79. The van der Waals surface area contributed by atoms with Crippen LogP contribution in [0, 0.1) is 0 Å². The predicted octanol–water partition coefficient (Wildman–Crippen LogP) is 1.37. The highest BCUT2D eigenvalue weighted by molar-refractivity contribution is 7.37. The second kappa shape index (κ2) is 6.04. The van der Waals surface area contributed by atoms with Crippen LogP contribution < -0.4 is 5.32 Å². The van der Waals surface area contributed by atoms with E-state index in [1.807, 2.05) is 0 Å². The van der Waals surface area contributed by atoms with Gasteiger partial charge in [-0.25, -0.2) is 4.79 Å². The van der Waals surface area contributed by atoms with E-state index in [4.69, 9.17) is 9.63 Å². The summed E-state index contributed by atoms with van der Waals surface area (Å²) in [5.74, 6) is 0. The van der Waals surface area contributed by atoms with E-state index in [1.54, 1.807) is 20.8 Å². The molecule has 0 aromatic carbocycles. The Labute approximate surface area is 84.7 Å². The molecule has 1 unspecified atom stereocenters. The SMILES string of the molecule is CC(C)(C)OC(=O)NCCC[PH](=O)O. The minimum absolute atomic E-state index is 0.237. The lowest BCUT2D eigenvalue weighted by atomic mass is 10.2. The van der Waals surface area contributed by atoms with Crippen LogP contribution in [0.1, 0.15) is 27.2 Å². The van der Waals surface area contributed by atoms with Crippen LogP contribution in [0.4, 0.5) is 4.79 Å². The summed E-state index contributed by atoms with van der Waals surface area (Å²) in [6.45, 7) is 5.70. The third kappa shape index (κ3) is 9.55. The molecule has 84 valence electrons. The summed E-state index contributed by atoms with van der Waals surface area (Å²) in [5, 5.41) is 2.50. The molecule has 2 N–H and O–H groups in total. The van der Waals surface area contributed by atoms with Gasteiger partial charge in [-0.3, -0.25) is 4.57 Å². The quantitative estimate of drug-likeness (QED) is 0.557. The second-order valence-electron chi connectivity index (χ2n) is 3.93. The fraction of sp³-hybridized carbons (Fsp3) is 0.875. The molecular formula is C8H18NO4P. The van der Waals surface area contributed by atoms with E-state index >= 15 is 0 Å². The molecule has 0 rings (SSSR count). The molecule has 0 spiro atoms. The summed E-state index contributed by atoms with van der Waals surface area (Å²) < 4.78 is 15.3. The van der Waals surface area contributed by atoms with Crippen molar-refractivity contribution in [2.24, 2.45) is 0 Å². The molecule has 0 aromatic heterocycles. The smallest absolute Gasteiger partial charge is 0.407 e. The number of rotatable bonds is 4. The fourth-order valence-corrected chi connectivity index (χ4v) is 1.22. The molecule has 1 atom stereocenters. The van der Waals surface area contributed by atoms with Crippen LogP contribution in [0.2, 0.25) is 0 Å². The third-order valence-corrected chi connectivity index (χ3v) is 2.02. The molecule has 0 radical (unpaired) electrons. The maximum atomic E-state index is 11.0. The van der Waals surface area contributed by atoms with Gasteiger partial charge in [-0.2, -0.15) is 0 Å². The molecule has 0 aliphatic rings. The van der Waals surface area contributed by atoms with E-state index in [0.717, 1.165) is 0 Å². The Morgan fingerprint density at radius 1 is 1.50 bits per heavy atom. The van der Waals surface area contributed by atoms with Crippen molar-refractivity contribution in [3.05, 3.63) is 0 Å². The summed E-state index contributed by atoms with van der Waals surface area (Å²) >= 11 is 0. The average molecular weight is 223 g/mol. The lowest BCUT2D eigenvalue weighted by molar-refractivity contribution is 0.0528. The van der Waals surface area contributed by atoms with Crippen molar-refractivity contribution in [3.8, 4) is 0 Å². The summed E-state index contributed by atoms with van der Waals surface area (Å²) in [4.78, 5) is 19.5. The summed E-state index contributed by atoms with van der Waals surface area (Å²) in [6, 6.07) is 0. The van der Waals surface area contributed by atoms with E-state index < -0.39 is 19.7 Å². The molecule has 0 bridgehead atoms. The molecule has 1 amide bonds. The molecule has 0 fully saturated rings. The molecule has 0 aliphatic carbocycles. The molecule has 6 heteroatoms. The van der Waals surface area contributed by atoms with Gasteiger partial charge in [0.2, 0.25) is 0 Å². The van der Waals surface area contributed by atoms with Crippen LogP contribution in [-0.4, -0.2) is 29.3 Å². The van der Waals surface area contributed by atoms with Gasteiger partial charge in [0.05, 0.1) is 0 Å². The highest BCUT2D eigenvalue weighted by atomic mass is 31.1. The first-order valence-electron chi connectivity index (χ1n) is 4.50. The van der Waals surface area contributed by atoms with Crippen molar-refractivity contribution in [1.29, 1.82) is 0 Å². The number of carbonyl (C=O) groups is 1. The van der Waals surface area contributed by atoms with Gasteiger partial charge in [0.1, 0.15) is 5.60 Å². The monoisotopic (exact) mass is 223 g/mol. The highest BCUT2D eigenvalue weighted by Crippen LogP contribution is 2.12. The topological polar surface area (TPSA) is 75.6 Å². The van der Waals surface area contributed by atoms with Crippen LogP contribution in [0.15, 0.2) is 0 Å². The van der Waals surface area contributed by atoms with Crippen molar-refractivity contribution in [2.45, 2.75) is 32.8 Å². The number of carbonyl (C=O) groups excluding carboxylic acids is 1. The van der Waals surface area contributed by atoms with E-state index in [1.165, 1.54) is 0 Å². The van der Waals surface area contributed by atoms with Crippen LogP contribution in [0.5, 0.6) is 0 Å². The zero-order valence-corrected chi connectivity index (χ0v) is 9.79. The van der Waals surface area contributed by atoms with E-state index in [2.05, 4.69) is 5.32 Å². The number of alkyl carbamates (subject to hydrolysis) is 1. The largest absolute Gasteiger partial charge is 0.444 e. The van der Waals surface area contributed by atoms with Gasteiger partial charge in [-0.1, -0.05) is 0 Å². The maximum Gasteiger partial charge on any atom is 0.407 e. The average Bonchev–Trinajstić information content (AvgIpc) is 1.94. The Morgan fingerprint density at radius 3 is 2.50 bits per heavy atom. The Kier molecular flexibility index (Phi) is 5.81. The van der Waals surface area contributed by atoms with Gasteiger partial charge >= 0.3 is 6.09 Å². The third-order valence-electron chi connectivity index (χ3n) is 1.24. The fourth-order valence-electron chi connectivity index (χ4n) is 0.744. The number of hydrogen-bond acceptors (Lipinski definition) is 3. The van der Waals surface area contributed by atoms with E-state index in [9.17, 15) is 9.36 Å². The van der Waals surface area contributed by atoms with Crippen LogP contribution in [0.3, 0.4) is 0 Å². The number of hydrogen-bond donors (Lipinski definition) is 2. The molecule has 5 nitrogen and oxygen atoms in total. The summed E-state index contributed by atoms with van der Waals surface area (Å²) in [7, 11) is -2.41. The van der Waals surface area contributed by atoms with Gasteiger partial charge in [-0.05, 0) is 27.2 Å². The maximum absolute atomic E-state index is 11.0. The summed E-state index contributed by atoms with van der Waals surface area (Å²) in [5.41, 5.74) is -0.505. The van der Waals surface area contributed by atoms with Crippen LogP contribution in [0.25, 0.3) is 0 Å². The molecular weight excluding hydrogens is 205 g/mol. The van der Waals surface area contributed by atoms with Crippen molar-refractivity contribution < 1.29 is 19.0 Å². The lowest BCUT2D eigenvalue weighted by Gasteiger charge is -2.19.